The molecule has 10 heteroatoms. The number of aliphatic hydroxyl groups excluding tert-OH is 2. The highest BCUT2D eigenvalue weighted by molar-refractivity contribution is 6.67. The maximum Gasteiger partial charge on any atom is 0.407 e. The zero-order valence-corrected chi connectivity index (χ0v) is 22.2. The molecule has 194 valence electrons. The summed E-state index contributed by atoms with van der Waals surface area (Å²) in [6.45, 7) is 3.97. The molecule has 4 saturated carbocycles. The maximum absolute atomic E-state index is 12.8. The van der Waals surface area contributed by atoms with E-state index in [1.807, 2.05) is 0 Å². The molecule has 4 rings (SSSR count). The third-order valence-electron chi connectivity index (χ3n) is 9.80. The minimum atomic E-state index is -1.71. The Kier molecular flexibility index (Phi) is 7.38. The number of methoxy groups -OCH3 is 1. The lowest BCUT2D eigenvalue weighted by molar-refractivity contribution is -0.174. The van der Waals surface area contributed by atoms with E-state index in [4.69, 9.17) is 44.3 Å². The molecule has 0 aliphatic heterocycles. The molecule has 0 heterocycles. The summed E-state index contributed by atoms with van der Waals surface area (Å²) in [5.41, 5.74) is -0.586. The van der Waals surface area contributed by atoms with E-state index in [2.05, 4.69) is 19.2 Å². The van der Waals surface area contributed by atoms with Crippen LogP contribution in [-0.2, 0) is 14.3 Å². The lowest BCUT2D eigenvalue weighted by Gasteiger charge is -2.63. The molecular weight excluding hydrogens is 505 g/mol. The molecule has 4 aliphatic carbocycles. The van der Waals surface area contributed by atoms with Crippen LogP contribution >= 0.6 is 34.8 Å². The first-order chi connectivity index (χ1) is 15.8. The lowest BCUT2D eigenvalue weighted by Crippen LogP contribution is -2.64. The van der Waals surface area contributed by atoms with Crippen LogP contribution in [-0.4, -0.2) is 58.0 Å². The number of carbonyl (C=O) groups excluding carboxylic acids is 2. The second kappa shape index (κ2) is 9.44. The second-order valence-electron chi connectivity index (χ2n) is 11.5. The summed E-state index contributed by atoms with van der Waals surface area (Å²) in [5, 5.41) is 24.1. The normalized spacial score (nSPS) is 46.0. The highest BCUT2D eigenvalue weighted by atomic mass is 35.6. The maximum atomic E-state index is 12.8. The van der Waals surface area contributed by atoms with Crippen molar-refractivity contribution in [2.45, 2.75) is 80.8 Å². The fraction of sp³-hybridized carbons (Fsp3) is 0.917. The predicted octanol–water partition coefficient (Wildman–Crippen LogP) is 4.22. The molecule has 0 aromatic heterocycles. The largest absolute Gasteiger partial charge is 0.469 e. The first-order valence-electron chi connectivity index (χ1n) is 12.2. The molecule has 0 radical (unpaired) electrons. The van der Waals surface area contributed by atoms with Crippen molar-refractivity contribution in [1.82, 2.24) is 5.32 Å². The van der Waals surface area contributed by atoms with Crippen molar-refractivity contribution in [3.8, 4) is 0 Å². The van der Waals surface area contributed by atoms with Crippen LogP contribution in [0.1, 0.15) is 58.8 Å². The topological polar surface area (TPSA) is 105 Å². The first-order valence-corrected chi connectivity index (χ1v) is 13.4. The molecule has 4 fully saturated rings. The third-order valence-corrected chi connectivity index (χ3v) is 10.1. The van der Waals surface area contributed by atoms with Crippen molar-refractivity contribution in [2.75, 3.05) is 13.7 Å². The highest BCUT2D eigenvalue weighted by Crippen LogP contribution is 2.67. The van der Waals surface area contributed by atoms with Crippen LogP contribution < -0.4 is 5.32 Å². The standard InChI is InChI=1S/C24H36Cl3NO6/c1-22-10-18(30)17(29)8-12(22)4-5-13-14-6-7-15(20(31)33-3)23(14,2)9-16(19(13)22)28-21(32)34-11-24(25,26)27/h12-19,29-30H,4-11H2,1-3H3,(H,28,32)/t12-,13-,14-,15+,16+,17-,18-,19+,22-,23-/m0/s1. The van der Waals surface area contributed by atoms with Gasteiger partial charge in [-0.2, -0.15) is 0 Å². The van der Waals surface area contributed by atoms with Crippen LogP contribution in [0, 0.1) is 40.4 Å². The Balaban J connectivity index is 1.67. The molecule has 4 aliphatic rings. The number of alkyl carbamates (subject to hydrolysis) is 1. The lowest BCUT2D eigenvalue weighted by atomic mass is 9.43. The van der Waals surface area contributed by atoms with Gasteiger partial charge >= 0.3 is 12.1 Å². The fourth-order valence-electron chi connectivity index (χ4n) is 8.47. The number of aliphatic hydroxyl groups is 2. The SMILES string of the molecule is COC(=O)[C@H]1CC[C@H]2[C@@H]3CC[C@H]4C[C@H](O)[C@@H](O)C[C@]4(C)[C@H]3[C@H](NC(=O)OCC(Cl)(Cl)Cl)C[C@]12C. The number of esters is 1. The van der Waals surface area contributed by atoms with Gasteiger partial charge in [0.2, 0.25) is 3.79 Å². The predicted molar refractivity (Wildman–Crippen MR) is 129 cm³/mol. The van der Waals surface area contributed by atoms with E-state index in [1.165, 1.54) is 7.11 Å². The van der Waals surface area contributed by atoms with Crippen molar-refractivity contribution in [1.29, 1.82) is 0 Å². The zero-order chi connectivity index (χ0) is 25.1. The Morgan fingerprint density at radius 1 is 1.03 bits per heavy atom. The van der Waals surface area contributed by atoms with Gasteiger partial charge in [-0.05, 0) is 79.4 Å². The Labute approximate surface area is 216 Å². The van der Waals surface area contributed by atoms with E-state index in [1.54, 1.807) is 0 Å². The molecule has 34 heavy (non-hydrogen) atoms. The van der Waals surface area contributed by atoms with Crippen LogP contribution in [0.15, 0.2) is 0 Å². The number of fused-ring (bicyclic) bond motifs is 5. The van der Waals surface area contributed by atoms with E-state index >= 15 is 0 Å². The quantitative estimate of drug-likeness (QED) is 0.366. The molecule has 0 spiro atoms. The first kappa shape index (κ1) is 26.6. The van der Waals surface area contributed by atoms with Gasteiger partial charge < -0.3 is 25.0 Å². The van der Waals surface area contributed by atoms with E-state index in [0.717, 1.165) is 25.7 Å². The number of amides is 1. The van der Waals surface area contributed by atoms with Gasteiger partial charge in [0.1, 0.15) is 6.61 Å². The van der Waals surface area contributed by atoms with Crippen molar-refractivity contribution >= 4 is 46.9 Å². The molecule has 1 amide bonds. The van der Waals surface area contributed by atoms with Gasteiger partial charge in [0.25, 0.3) is 0 Å². The summed E-state index contributed by atoms with van der Waals surface area (Å²) in [6, 6.07) is -0.283. The third kappa shape index (κ3) is 4.65. The van der Waals surface area contributed by atoms with E-state index in [0.29, 0.717) is 25.2 Å². The number of carbonyl (C=O) groups is 2. The molecule has 0 aromatic rings. The number of ether oxygens (including phenoxy) is 2. The minimum Gasteiger partial charge on any atom is -0.469 e. The monoisotopic (exact) mass is 539 g/mol. The van der Waals surface area contributed by atoms with E-state index in [-0.39, 0.29) is 53.1 Å². The molecule has 0 bridgehead atoms. The average molecular weight is 541 g/mol. The van der Waals surface area contributed by atoms with Gasteiger partial charge in [0.15, 0.2) is 0 Å². The molecule has 3 N–H and O–H groups in total. The molecule has 7 nitrogen and oxygen atoms in total. The van der Waals surface area contributed by atoms with Crippen LogP contribution in [0.5, 0.6) is 0 Å². The Hall–Kier alpha value is -0.470. The second-order valence-corrected chi connectivity index (χ2v) is 14.0. The summed E-state index contributed by atoms with van der Waals surface area (Å²) in [6.07, 6.45) is 3.08. The van der Waals surface area contributed by atoms with Gasteiger partial charge in [-0.3, -0.25) is 4.79 Å². The molecular formula is C24H36Cl3NO6. The van der Waals surface area contributed by atoms with Gasteiger partial charge in [0, 0.05) is 6.04 Å². The minimum absolute atomic E-state index is 0.0724. The summed E-state index contributed by atoms with van der Waals surface area (Å²) >= 11 is 17.3. The Bertz CT molecular complexity index is 808. The number of nitrogens with one attached hydrogen (secondary N) is 1. The number of hydrogen-bond acceptors (Lipinski definition) is 6. The highest BCUT2D eigenvalue weighted by Gasteiger charge is 2.65. The van der Waals surface area contributed by atoms with Crippen molar-refractivity contribution < 1.29 is 29.3 Å². The molecule has 0 saturated heterocycles. The molecule has 0 unspecified atom stereocenters. The Morgan fingerprint density at radius 2 is 1.74 bits per heavy atom. The van der Waals surface area contributed by atoms with Crippen LogP contribution in [0.4, 0.5) is 4.79 Å². The summed E-state index contributed by atoms with van der Waals surface area (Å²) < 4.78 is 8.65. The average Bonchev–Trinajstić information content (AvgIpc) is 3.09. The van der Waals surface area contributed by atoms with Crippen molar-refractivity contribution in [3.63, 3.8) is 0 Å². The number of rotatable bonds is 3. The Morgan fingerprint density at radius 3 is 2.38 bits per heavy atom. The van der Waals surface area contributed by atoms with Gasteiger partial charge in [-0.25, -0.2) is 4.79 Å². The van der Waals surface area contributed by atoms with Crippen LogP contribution in [0.2, 0.25) is 0 Å². The molecule has 0 aromatic carbocycles. The van der Waals surface area contributed by atoms with Gasteiger partial charge in [-0.1, -0.05) is 48.7 Å². The van der Waals surface area contributed by atoms with Gasteiger partial charge in [-0.15, -0.1) is 0 Å². The number of hydrogen-bond donors (Lipinski definition) is 3. The molecule has 10 atom stereocenters. The summed E-state index contributed by atoms with van der Waals surface area (Å²) in [5.74, 6) is 0.486. The smallest absolute Gasteiger partial charge is 0.407 e. The van der Waals surface area contributed by atoms with Gasteiger partial charge in [0.05, 0.1) is 25.2 Å². The number of halogens is 3. The zero-order valence-electron chi connectivity index (χ0n) is 19.9. The van der Waals surface area contributed by atoms with Crippen LogP contribution in [0.25, 0.3) is 0 Å². The number of alkyl halides is 3. The van der Waals surface area contributed by atoms with Crippen molar-refractivity contribution in [3.05, 3.63) is 0 Å². The summed E-state index contributed by atoms with van der Waals surface area (Å²) in [7, 11) is 1.43. The fourth-order valence-corrected chi connectivity index (χ4v) is 8.63. The van der Waals surface area contributed by atoms with Crippen molar-refractivity contribution in [2.24, 2.45) is 40.4 Å². The van der Waals surface area contributed by atoms with Crippen LogP contribution in [0.3, 0.4) is 0 Å². The summed E-state index contributed by atoms with van der Waals surface area (Å²) in [4.78, 5) is 25.5. The van der Waals surface area contributed by atoms with E-state index < -0.39 is 22.1 Å². The van der Waals surface area contributed by atoms with E-state index in [9.17, 15) is 19.8 Å².